The molecule has 100 valence electrons. The lowest BCUT2D eigenvalue weighted by Gasteiger charge is -2.10. The van der Waals surface area contributed by atoms with Crippen LogP contribution in [0.15, 0.2) is 12.1 Å². The zero-order valence-corrected chi connectivity index (χ0v) is 11.8. The van der Waals surface area contributed by atoms with E-state index >= 15 is 0 Å². The van der Waals surface area contributed by atoms with Gasteiger partial charge in [0.1, 0.15) is 5.75 Å². The van der Waals surface area contributed by atoms with Gasteiger partial charge >= 0.3 is 0 Å². The molecule has 1 rings (SSSR count). The summed E-state index contributed by atoms with van der Waals surface area (Å²) in [5.41, 5.74) is 0. The molecule has 0 aromatic heterocycles. The smallest absolute Gasteiger partial charge is 0.258 e. The molecule has 0 saturated heterocycles. The van der Waals surface area contributed by atoms with Crippen LogP contribution in [-0.2, 0) is 4.79 Å². The predicted octanol–water partition coefficient (Wildman–Crippen LogP) is 2.52. The van der Waals surface area contributed by atoms with E-state index in [1.54, 1.807) is 6.92 Å². The lowest BCUT2D eigenvalue weighted by molar-refractivity contribution is -0.123. The van der Waals surface area contributed by atoms with E-state index in [9.17, 15) is 4.79 Å². The van der Waals surface area contributed by atoms with Crippen LogP contribution in [0.2, 0.25) is 15.1 Å². The van der Waals surface area contributed by atoms with Crippen molar-refractivity contribution in [2.24, 2.45) is 0 Å². The number of nitrogens with one attached hydrogen (secondary N) is 1. The number of halogens is 3. The molecular formula is C11H12Cl3NO3. The van der Waals surface area contributed by atoms with E-state index < -0.39 is 6.10 Å². The van der Waals surface area contributed by atoms with Crippen molar-refractivity contribution in [3.8, 4) is 5.75 Å². The van der Waals surface area contributed by atoms with Gasteiger partial charge in [0.25, 0.3) is 5.91 Å². The highest BCUT2D eigenvalue weighted by Gasteiger charge is 2.09. The summed E-state index contributed by atoms with van der Waals surface area (Å²) in [6.45, 7) is 1.51. The molecule has 7 heteroatoms. The molecule has 0 saturated carbocycles. The van der Waals surface area contributed by atoms with Crippen LogP contribution in [0.4, 0.5) is 0 Å². The Hall–Kier alpha value is -0.680. The summed E-state index contributed by atoms with van der Waals surface area (Å²) in [7, 11) is 0. The maximum absolute atomic E-state index is 11.3. The number of carbonyl (C=O) groups excluding carboxylic acids is 1. The Morgan fingerprint density at radius 3 is 2.56 bits per heavy atom. The zero-order chi connectivity index (χ0) is 13.7. The third-order valence-electron chi connectivity index (χ3n) is 1.93. The number of hydrogen-bond donors (Lipinski definition) is 2. The summed E-state index contributed by atoms with van der Waals surface area (Å²) in [5.74, 6) is -0.0868. The van der Waals surface area contributed by atoms with Crippen molar-refractivity contribution in [2.45, 2.75) is 13.0 Å². The lowest BCUT2D eigenvalue weighted by Crippen LogP contribution is -2.34. The Morgan fingerprint density at radius 2 is 1.94 bits per heavy atom. The fourth-order valence-corrected chi connectivity index (χ4v) is 1.66. The zero-order valence-electron chi connectivity index (χ0n) is 9.54. The van der Waals surface area contributed by atoms with Crippen molar-refractivity contribution < 1.29 is 14.6 Å². The normalized spacial score (nSPS) is 12.1. The van der Waals surface area contributed by atoms with E-state index in [2.05, 4.69) is 5.32 Å². The fourth-order valence-electron chi connectivity index (χ4n) is 1.07. The van der Waals surface area contributed by atoms with Crippen LogP contribution in [0, 0.1) is 0 Å². The molecular weight excluding hydrogens is 300 g/mol. The Bertz CT molecular complexity index is 438. The van der Waals surface area contributed by atoms with Crippen LogP contribution in [0.1, 0.15) is 6.92 Å². The summed E-state index contributed by atoms with van der Waals surface area (Å²) in [5, 5.41) is 12.3. The Morgan fingerprint density at radius 1 is 1.33 bits per heavy atom. The molecule has 1 amide bonds. The van der Waals surface area contributed by atoms with Gasteiger partial charge in [-0.15, -0.1) is 0 Å². The molecule has 4 nitrogen and oxygen atoms in total. The fraction of sp³-hybridized carbons (Fsp3) is 0.364. The maximum Gasteiger partial charge on any atom is 0.258 e. The number of ether oxygens (including phenoxy) is 1. The summed E-state index contributed by atoms with van der Waals surface area (Å²) < 4.78 is 5.20. The largest absolute Gasteiger partial charge is 0.482 e. The predicted molar refractivity (Wildman–Crippen MR) is 71.7 cm³/mol. The SMILES string of the molecule is C[C@H](O)CNC(=O)COc1cc(Cl)c(Cl)cc1Cl. The molecule has 0 aliphatic rings. The Kier molecular flexibility index (Phi) is 6.02. The second-order valence-electron chi connectivity index (χ2n) is 3.64. The van der Waals surface area contributed by atoms with Crippen LogP contribution in [0.25, 0.3) is 0 Å². The number of carbonyl (C=O) groups is 1. The molecule has 0 aliphatic carbocycles. The minimum atomic E-state index is -0.609. The third-order valence-corrected chi connectivity index (χ3v) is 2.95. The summed E-state index contributed by atoms with van der Waals surface area (Å²) in [6.07, 6.45) is -0.609. The summed E-state index contributed by atoms with van der Waals surface area (Å²) >= 11 is 17.4. The van der Waals surface area contributed by atoms with Gasteiger partial charge in [0.05, 0.1) is 21.2 Å². The molecule has 1 atom stereocenters. The number of aliphatic hydroxyl groups excluding tert-OH is 1. The van der Waals surface area contributed by atoms with Gasteiger partial charge in [-0.2, -0.15) is 0 Å². The number of benzene rings is 1. The van der Waals surface area contributed by atoms with E-state index in [0.717, 1.165) is 0 Å². The third kappa shape index (κ3) is 4.90. The van der Waals surface area contributed by atoms with E-state index in [1.807, 2.05) is 0 Å². The monoisotopic (exact) mass is 311 g/mol. The quantitative estimate of drug-likeness (QED) is 0.821. The van der Waals surface area contributed by atoms with Crippen LogP contribution in [-0.4, -0.2) is 30.3 Å². The van der Waals surface area contributed by atoms with Crippen molar-refractivity contribution >= 4 is 40.7 Å². The van der Waals surface area contributed by atoms with E-state index in [-0.39, 0.29) is 29.8 Å². The molecule has 0 spiro atoms. The van der Waals surface area contributed by atoms with Gasteiger partial charge in [-0.1, -0.05) is 34.8 Å². The van der Waals surface area contributed by atoms with Crippen molar-refractivity contribution in [1.82, 2.24) is 5.32 Å². The number of amides is 1. The van der Waals surface area contributed by atoms with Gasteiger partial charge in [0.2, 0.25) is 0 Å². The molecule has 0 bridgehead atoms. The average Bonchev–Trinajstić information content (AvgIpc) is 2.29. The van der Waals surface area contributed by atoms with E-state index in [0.29, 0.717) is 10.0 Å². The minimum Gasteiger partial charge on any atom is -0.482 e. The Labute approximate surface area is 120 Å². The van der Waals surface area contributed by atoms with E-state index in [4.69, 9.17) is 44.6 Å². The van der Waals surface area contributed by atoms with Crippen molar-refractivity contribution in [3.05, 3.63) is 27.2 Å². The molecule has 0 aliphatic heterocycles. The van der Waals surface area contributed by atoms with Gasteiger partial charge < -0.3 is 15.2 Å². The molecule has 0 unspecified atom stereocenters. The maximum atomic E-state index is 11.3. The first-order chi connectivity index (χ1) is 8.40. The molecule has 0 fully saturated rings. The lowest BCUT2D eigenvalue weighted by atomic mass is 10.3. The summed E-state index contributed by atoms with van der Waals surface area (Å²) in [6, 6.07) is 2.88. The Balaban J connectivity index is 2.53. The first kappa shape index (κ1) is 15.4. The molecule has 1 aromatic rings. The highest BCUT2D eigenvalue weighted by atomic mass is 35.5. The molecule has 1 aromatic carbocycles. The van der Waals surface area contributed by atoms with Crippen molar-refractivity contribution in [1.29, 1.82) is 0 Å². The van der Waals surface area contributed by atoms with Crippen LogP contribution < -0.4 is 10.1 Å². The minimum absolute atomic E-state index is 0.164. The van der Waals surface area contributed by atoms with Crippen molar-refractivity contribution in [2.75, 3.05) is 13.2 Å². The van der Waals surface area contributed by atoms with Gasteiger partial charge in [-0.25, -0.2) is 0 Å². The van der Waals surface area contributed by atoms with Gasteiger partial charge in [0, 0.05) is 12.6 Å². The standard InChI is InChI=1S/C11H12Cl3NO3/c1-6(16)4-15-11(17)5-18-10-3-8(13)7(12)2-9(10)14/h2-3,6,16H,4-5H2,1H3,(H,15,17)/t6-/m0/s1. The second-order valence-corrected chi connectivity index (χ2v) is 4.86. The van der Waals surface area contributed by atoms with Gasteiger partial charge in [-0.3, -0.25) is 4.79 Å². The highest BCUT2D eigenvalue weighted by Crippen LogP contribution is 2.33. The van der Waals surface area contributed by atoms with E-state index in [1.165, 1.54) is 12.1 Å². The van der Waals surface area contributed by atoms with Crippen LogP contribution >= 0.6 is 34.8 Å². The molecule has 0 radical (unpaired) electrons. The summed E-state index contributed by atoms with van der Waals surface area (Å²) in [4.78, 5) is 11.3. The van der Waals surface area contributed by atoms with Crippen LogP contribution in [0.3, 0.4) is 0 Å². The number of hydrogen-bond acceptors (Lipinski definition) is 3. The van der Waals surface area contributed by atoms with Gasteiger partial charge in [-0.05, 0) is 13.0 Å². The van der Waals surface area contributed by atoms with Crippen LogP contribution in [0.5, 0.6) is 5.75 Å². The first-order valence-electron chi connectivity index (χ1n) is 5.12. The highest BCUT2D eigenvalue weighted by molar-refractivity contribution is 6.43. The molecule has 18 heavy (non-hydrogen) atoms. The first-order valence-corrected chi connectivity index (χ1v) is 6.25. The topological polar surface area (TPSA) is 58.6 Å². The van der Waals surface area contributed by atoms with Gasteiger partial charge in [0.15, 0.2) is 6.61 Å². The van der Waals surface area contributed by atoms with Crippen molar-refractivity contribution in [3.63, 3.8) is 0 Å². The molecule has 0 heterocycles. The molecule has 2 N–H and O–H groups in total. The number of rotatable bonds is 5. The number of aliphatic hydroxyl groups is 1. The average molecular weight is 313 g/mol. The second kappa shape index (κ2) is 7.04.